The fourth-order valence-corrected chi connectivity index (χ4v) is 3.70. The molecule has 2 aromatic rings. The molecule has 1 aliphatic carbocycles. The van der Waals surface area contributed by atoms with Crippen molar-refractivity contribution in [2.24, 2.45) is 7.05 Å². The molecule has 1 unspecified atom stereocenters. The van der Waals surface area contributed by atoms with Crippen LogP contribution < -0.4 is 5.32 Å². The lowest BCUT2D eigenvalue weighted by atomic mass is 9.86. The van der Waals surface area contributed by atoms with E-state index < -0.39 is 0 Å². The number of likely N-dealkylation sites (N-methyl/N-ethyl adjacent to an activating group) is 1. The summed E-state index contributed by atoms with van der Waals surface area (Å²) in [5.74, 6) is 0.676. The molecule has 1 N–H and O–H groups in total. The third-order valence-electron chi connectivity index (χ3n) is 4.39. The summed E-state index contributed by atoms with van der Waals surface area (Å²) in [6.45, 7) is 3.32. The Hall–Kier alpha value is -1.28. The average molecular weight is 242 g/mol. The van der Waals surface area contributed by atoms with Crippen LogP contribution in [0.2, 0.25) is 0 Å². The van der Waals surface area contributed by atoms with E-state index in [-0.39, 0.29) is 0 Å². The lowest BCUT2D eigenvalue weighted by Gasteiger charge is -2.24. The molecule has 1 heterocycles. The Morgan fingerprint density at radius 2 is 2.22 bits per heavy atom. The van der Waals surface area contributed by atoms with Crippen LogP contribution in [0.25, 0.3) is 10.9 Å². The first-order valence-electron chi connectivity index (χ1n) is 6.95. The van der Waals surface area contributed by atoms with Crippen molar-refractivity contribution in [1.29, 1.82) is 0 Å². The molecule has 2 heteroatoms. The summed E-state index contributed by atoms with van der Waals surface area (Å²) in [6, 6.07) is 6.71. The van der Waals surface area contributed by atoms with Crippen molar-refractivity contribution in [2.45, 2.75) is 32.1 Å². The van der Waals surface area contributed by atoms with Gasteiger partial charge in [-0.3, -0.25) is 0 Å². The van der Waals surface area contributed by atoms with E-state index in [2.05, 4.69) is 49.1 Å². The Morgan fingerprint density at radius 3 is 3.00 bits per heavy atom. The van der Waals surface area contributed by atoms with Gasteiger partial charge >= 0.3 is 0 Å². The lowest BCUT2D eigenvalue weighted by Crippen LogP contribution is -2.22. The summed E-state index contributed by atoms with van der Waals surface area (Å²) in [6.07, 6.45) is 3.89. The number of hydrogen-bond acceptors (Lipinski definition) is 1. The standard InChI is InChI=1S/C16H22N2/c1-11-6-4-8-13-14-9-5-7-12(10-17-2)16(14)18(3)15(11)13/h4,6,8,12,17H,5,7,9-10H2,1-3H3. The van der Waals surface area contributed by atoms with Gasteiger partial charge in [-0.15, -0.1) is 0 Å². The van der Waals surface area contributed by atoms with Crippen molar-refractivity contribution in [1.82, 2.24) is 9.88 Å². The first-order valence-corrected chi connectivity index (χ1v) is 6.95. The van der Waals surface area contributed by atoms with Gasteiger partial charge in [-0.1, -0.05) is 18.2 Å². The summed E-state index contributed by atoms with van der Waals surface area (Å²) < 4.78 is 2.45. The van der Waals surface area contributed by atoms with Gasteiger partial charge in [0.1, 0.15) is 0 Å². The molecule has 0 bridgehead atoms. The van der Waals surface area contributed by atoms with E-state index in [1.807, 2.05) is 0 Å². The average Bonchev–Trinajstić information content (AvgIpc) is 2.66. The highest BCUT2D eigenvalue weighted by molar-refractivity contribution is 5.88. The summed E-state index contributed by atoms with van der Waals surface area (Å²) >= 11 is 0. The monoisotopic (exact) mass is 242 g/mol. The zero-order valence-electron chi connectivity index (χ0n) is 11.6. The van der Waals surface area contributed by atoms with E-state index in [0.29, 0.717) is 5.92 Å². The Bertz CT molecular complexity index is 580. The minimum atomic E-state index is 0.676. The van der Waals surface area contributed by atoms with Gasteiger partial charge in [0.05, 0.1) is 5.52 Å². The first-order chi connectivity index (χ1) is 8.74. The van der Waals surface area contributed by atoms with Crippen LogP contribution >= 0.6 is 0 Å². The van der Waals surface area contributed by atoms with Crippen molar-refractivity contribution >= 4 is 10.9 Å². The smallest absolute Gasteiger partial charge is 0.0512 e. The fourth-order valence-electron chi connectivity index (χ4n) is 3.70. The molecule has 0 saturated heterocycles. The van der Waals surface area contributed by atoms with Gasteiger partial charge in [0, 0.05) is 30.6 Å². The summed E-state index contributed by atoms with van der Waals surface area (Å²) in [4.78, 5) is 0. The molecule has 1 aliphatic rings. The molecule has 1 atom stereocenters. The number of hydrogen-bond donors (Lipinski definition) is 1. The molecule has 0 amide bonds. The second-order valence-corrected chi connectivity index (χ2v) is 5.54. The second-order valence-electron chi connectivity index (χ2n) is 5.54. The van der Waals surface area contributed by atoms with Crippen LogP contribution in [0.15, 0.2) is 18.2 Å². The predicted molar refractivity (Wildman–Crippen MR) is 77.3 cm³/mol. The normalized spacial score (nSPS) is 19.2. The SMILES string of the molecule is CNCC1CCCc2c1n(C)c1c(C)cccc21. The van der Waals surface area contributed by atoms with Gasteiger partial charge in [0.2, 0.25) is 0 Å². The van der Waals surface area contributed by atoms with Gasteiger partial charge < -0.3 is 9.88 Å². The minimum absolute atomic E-state index is 0.676. The Balaban J connectivity index is 2.27. The lowest BCUT2D eigenvalue weighted by molar-refractivity contribution is 0.506. The molecule has 0 spiro atoms. The molecular formula is C16H22N2. The van der Waals surface area contributed by atoms with Crippen molar-refractivity contribution in [2.75, 3.05) is 13.6 Å². The van der Waals surface area contributed by atoms with Crippen molar-refractivity contribution in [3.05, 3.63) is 35.0 Å². The summed E-state index contributed by atoms with van der Waals surface area (Å²) in [5.41, 5.74) is 6.00. The van der Waals surface area contributed by atoms with Crippen LogP contribution in [0.1, 0.15) is 35.6 Å². The number of para-hydroxylation sites is 1. The van der Waals surface area contributed by atoms with E-state index in [4.69, 9.17) is 0 Å². The van der Waals surface area contributed by atoms with E-state index in [1.54, 1.807) is 11.3 Å². The van der Waals surface area contributed by atoms with Crippen LogP contribution in [0.4, 0.5) is 0 Å². The zero-order valence-corrected chi connectivity index (χ0v) is 11.6. The molecule has 1 aromatic carbocycles. The molecule has 0 saturated carbocycles. The van der Waals surface area contributed by atoms with Crippen molar-refractivity contribution in [3.63, 3.8) is 0 Å². The Kier molecular flexibility index (Phi) is 2.90. The van der Waals surface area contributed by atoms with E-state index in [1.165, 1.54) is 35.7 Å². The number of aryl methyl sites for hydroxylation is 3. The number of nitrogens with one attached hydrogen (secondary N) is 1. The highest BCUT2D eigenvalue weighted by Crippen LogP contribution is 2.38. The summed E-state index contributed by atoms with van der Waals surface area (Å²) in [7, 11) is 4.30. The van der Waals surface area contributed by atoms with Crippen LogP contribution in [0.5, 0.6) is 0 Å². The molecular weight excluding hydrogens is 220 g/mol. The quantitative estimate of drug-likeness (QED) is 0.856. The van der Waals surface area contributed by atoms with Gasteiger partial charge in [0.25, 0.3) is 0 Å². The maximum atomic E-state index is 3.35. The topological polar surface area (TPSA) is 17.0 Å². The van der Waals surface area contributed by atoms with Gasteiger partial charge in [-0.05, 0) is 44.4 Å². The largest absolute Gasteiger partial charge is 0.347 e. The highest BCUT2D eigenvalue weighted by Gasteiger charge is 2.26. The first kappa shape index (κ1) is 11.8. The Labute approximate surface area is 109 Å². The van der Waals surface area contributed by atoms with Crippen molar-refractivity contribution in [3.8, 4) is 0 Å². The molecule has 3 rings (SSSR count). The Morgan fingerprint density at radius 1 is 1.39 bits per heavy atom. The minimum Gasteiger partial charge on any atom is -0.347 e. The second kappa shape index (κ2) is 4.43. The van der Waals surface area contributed by atoms with Crippen LogP contribution in [-0.2, 0) is 13.5 Å². The van der Waals surface area contributed by atoms with E-state index in [9.17, 15) is 0 Å². The van der Waals surface area contributed by atoms with Crippen LogP contribution in [0, 0.1) is 6.92 Å². The molecule has 0 fully saturated rings. The van der Waals surface area contributed by atoms with Crippen LogP contribution in [-0.4, -0.2) is 18.2 Å². The van der Waals surface area contributed by atoms with Gasteiger partial charge in [-0.25, -0.2) is 0 Å². The molecule has 1 aromatic heterocycles. The molecule has 96 valence electrons. The third-order valence-corrected chi connectivity index (χ3v) is 4.39. The van der Waals surface area contributed by atoms with Crippen molar-refractivity contribution < 1.29 is 0 Å². The summed E-state index contributed by atoms with van der Waals surface area (Å²) in [5, 5.41) is 4.83. The molecule has 2 nitrogen and oxygen atoms in total. The number of nitrogens with zero attached hydrogens (tertiary/aromatic N) is 1. The maximum absolute atomic E-state index is 3.35. The zero-order chi connectivity index (χ0) is 12.7. The number of aromatic nitrogens is 1. The predicted octanol–water partition coefficient (Wildman–Crippen LogP) is 3.13. The van der Waals surface area contributed by atoms with Gasteiger partial charge in [-0.2, -0.15) is 0 Å². The van der Waals surface area contributed by atoms with E-state index >= 15 is 0 Å². The highest BCUT2D eigenvalue weighted by atomic mass is 15.0. The van der Waals surface area contributed by atoms with Gasteiger partial charge in [0.15, 0.2) is 0 Å². The fraction of sp³-hybridized carbons (Fsp3) is 0.500. The number of rotatable bonds is 2. The number of fused-ring (bicyclic) bond motifs is 3. The van der Waals surface area contributed by atoms with Crippen LogP contribution in [0.3, 0.4) is 0 Å². The molecule has 0 radical (unpaired) electrons. The van der Waals surface area contributed by atoms with E-state index in [0.717, 1.165) is 6.54 Å². The molecule has 18 heavy (non-hydrogen) atoms. The molecule has 0 aliphatic heterocycles. The maximum Gasteiger partial charge on any atom is 0.0512 e. The number of benzene rings is 1. The third kappa shape index (κ3) is 1.59.